The molecule has 0 unspecified atom stereocenters. The van der Waals surface area contributed by atoms with Crippen molar-refractivity contribution < 1.29 is 32.6 Å². The van der Waals surface area contributed by atoms with E-state index >= 15 is 0 Å². The maximum Gasteiger partial charge on any atom is 0.393 e. The largest absolute Gasteiger partial charge is 0.496 e. The van der Waals surface area contributed by atoms with Gasteiger partial charge in [-0.15, -0.1) is 12.4 Å². The second-order valence-corrected chi connectivity index (χ2v) is 6.20. The molecule has 27 heavy (non-hydrogen) atoms. The van der Waals surface area contributed by atoms with Crippen LogP contribution in [0.2, 0.25) is 0 Å². The van der Waals surface area contributed by atoms with Crippen LogP contribution in [-0.4, -0.2) is 61.3 Å². The molecule has 152 valence electrons. The van der Waals surface area contributed by atoms with E-state index in [1.165, 1.54) is 4.90 Å². The van der Waals surface area contributed by atoms with Crippen molar-refractivity contribution in [2.75, 3.05) is 33.3 Å². The quantitative estimate of drug-likeness (QED) is 0.718. The fourth-order valence-electron chi connectivity index (χ4n) is 3.10. The van der Waals surface area contributed by atoms with E-state index in [1.807, 2.05) is 18.2 Å². The Morgan fingerprint density at radius 2 is 1.96 bits per heavy atom. The smallest absolute Gasteiger partial charge is 0.393 e. The van der Waals surface area contributed by atoms with Gasteiger partial charge in [0.1, 0.15) is 5.75 Å². The molecule has 1 aromatic rings. The fourth-order valence-corrected chi connectivity index (χ4v) is 3.10. The minimum atomic E-state index is -4.60. The van der Waals surface area contributed by atoms with Crippen LogP contribution >= 0.6 is 12.4 Å². The normalized spacial score (nSPS) is 20.0. The zero-order chi connectivity index (χ0) is 19.3. The number of amides is 1. The lowest BCUT2D eigenvalue weighted by Crippen LogP contribution is -2.37. The number of rotatable bonds is 7. The number of halogens is 4. The Hall–Kier alpha value is -2.00. The third kappa shape index (κ3) is 6.28. The Labute approximate surface area is 161 Å². The van der Waals surface area contributed by atoms with Crippen molar-refractivity contribution in [3.8, 4) is 5.75 Å². The minimum Gasteiger partial charge on any atom is -0.496 e. The van der Waals surface area contributed by atoms with Crippen LogP contribution in [0.15, 0.2) is 24.3 Å². The number of methoxy groups -OCH3 is 1. The van der Waals surface area contributed by atoms with Crippen LogP contribution in [0.1, 0.15) is 5.56 Å². The molecule has 0 saturated carbocycles. The number of benzene rings is 1. The topological polar surface area (TPSA) is 78.9 Å². The maximum absolute atomic E-state index is 12.9. The molecule has 0 radical (unpaired) electrons. The van der Waals surface area contributed by atoms with Crippen LogP contribution in [0.4, 0.5) is 13.2 Å². The van der Waals surface area contributed by atoms with Crippen LogP contribution in [-0.2, 0) is 16.0 Å². The number of hydrogen-bond donors (Lipinski definition) is 2. The van der Waals surface area contributed by atoms with Crippen molar-refractivity contribution in [3.05, 3.63) is 29.8 Å². The zero-order valence-corrected chi connectivity index (χ0v) is 15.5. The highest BCUT2D eigenvalue weighted by molar-refractivity contribution is 5.85. The lowest BCUT2D eigenvalue weighted by molar-refractivity contribution is -0.188. The third-order valence-corrected chi connectivity index (χ3v) is 4.41. The van der Waals surface area contributed by atoms with Gasteiger partial charge in [-0.1, -0.05) is 18.2 Å². The van der Waals surface area contributed by atoms with Gasteiger partial charge < -0.3 is 15.2 Å². The summed E-state index contributed by atoms with van der Waals surface area (Å²) in [6, 6.07) is 7.32. The maximum atomic E-state index is 12.9. The van der Waals surface area contributed by atoms with Crippen molar-refractivity contribution in [2.45, 2.75) is 12.6 Å². The summed E-state index contributed by atoms with van der Waals surface area (Å²) in [4.78, 5) is 24.2. The Balaban J connectivity index is 0.00000364. The van der Waals surface area contributed by atoms with Gasteiger partial charge in [0.2, 0.25) is 5.91 Å². The van der Waals surface area contributed by atoms with E-state index in [9.17, 15) is 22.8 Å². The van der Waals surface area contributed by atoms with Gasteiger partial charge in [-0.25, -0.2) is 0 Å². The highest BCUT2D eigenvalue weighted by Gasteiger charge is 2.52. The van der Waals surface area contributed by atoms with E-state index in [1.54, 1.807) is 13.2 Å². The predicted octanol–water partition coefficient (Wildman–Crippen LogP) is 1.97. The van der Waals surface area contributed by atoms with Gasteiger partial charge in [0.25, 0.3) is 0 Å². The van der Waals surface area contributed by atoms with Crippen molar-refractivity contribution in [2.24, 2.45) is 11.8 Å². The summed E-state index contributed by atoms with van der Waals surface area (Å²) in [5, 5.41) is 11.6. The SMILES string of the molecule is COc1ccccc1CCNC(=O)CN1C[C@@H](C(F)(F)F)[C@H](C(=O)O)C1.Cl. The molecule has 1 saturated heterocycles. The molecular weight excluding hydrogens is 389 g/mol. The van der Waals surface area contributed by atoms with Crippen molar-refractivity contribution >= 4 is 24.3 Å². The van der Waals surface area contributed by atoms with Crippen LogP contribution < -0.4 is 10.1 Å². The molecule has 1 amide bonds. The Morgan fingerprint density at radius 1 is 1.30 bits per heavy atom. The van der Waals surface area contributed by atoms with E-state index in [4.69, 9.17) is 9.84 Å². The highest BCUT2D eigenvalue weighted by Crippen LogP contribution is 2.37. The Bertz CT molecular complexity index is 657. The van der Waals surface area contributed by atoms with Gasteiger partial charge in [0, 0.05) is 19.6 Å². The summed E-state index contributed by atoms with van der Waals surface area (Å²) in [5.74, 6) is -4.74. The molecule has 6 nitrogen and oxygen atoms in total. The summed E-state index contributed by atoms with van der Waals surface area (Å²) < 4.78 is 44.0. The zero-order valence-electron chi connectivity index (χ0n) is 14.7. The summed E-state index contributed by atoms with van der Waals surface area (Å²) in [7, 11) is 1.54. The number of ether oxygens (including phenoxy) is 1. The monoisotopic (exact) mass is 410 g/mol. The molecule has 1 fully saturated rings. The van der Waals surface area contributed by atoms with Gasteiger partial charge >= 0.3 is 12.1 Å². The van der Waals surface area contributed by atoms with Crippen LogP contribution in [0.5, 0.6) is 5.75 Å². The standard InChI is InChI=1S/C17H21F3N2O4.ClH/c1-26-14-5-3-2-4-11(14)6-7-21-15(23)10-22-8-12(16(24)25)13(9-22)17(18,19)20;/h2-5,12-13H,6-10H2,1H3,(H,21,23)(H,24,25);1H/t12-,13-;/m1./s1. The van der Waals surface area contributed by atoms with E-state index in [0.29, 0.717) is 18.7 Å². The second kappa shape index (κ2) is 9.80. The number of alkyl halides is 3. The molecule has 0 aromatic heterocycles. The summed E-state index contributed by atoms with van der Waals surface area (Å²) in [6.45, 7) is -0.736. The summed E-state index contributed by atoms with van der Waals surface area (Å²) >= 11 is 0. The number of nitrogens with zero attached hydrogens (tertiary/aromatic N) is 1. The summed E-state index contributed by atoms with van der Waals surface area (Å²) in [5.41, 5.74) is 0.902. The van der Waals surface area contributed by atoms with E-state index in [0.717, 1.165) is 5.56 Å². The molecule has 2 rings (SSSR count). The number of likely N-dealkylation sites (tertiary alicyclic amines) is 1. The first-order valence-electron chi connectivity index (χ1n) is 8.13. The molecule has 1 aliphatic rings. The van der Waals surface area contributed by atoms with Gasteiger partial charge in [0.15, 0.2) is 0 Å². The van der Waals surface area contributed by atoms with Gasteiger partial charge in [-0.05, 0) is 18.1 Å². The average molecular weight is 411 g/mol. The van der Waals surface area contributed by atoms with Crippen molar-refractivity contribution in [3.63, 3.8) is 0 Å². The number of carboxylic acid groups (broad SMARTS) is 1. The highest BCUT2D eigenvalue weighted by atomic mass is 35.5. The number of carboxylic acids is 1. The van der Waals surface area contributed by atoms with Crippen LogP contribution in [0.25, 0.3) is 0 Å². The molecule has 1 heterocycles. The van der Waals surface area contributed by atoms with E-state index in [2.05, 4.69) is 5.32 Å². The molecule has 2 atom stereocenters. The molecular formula is C17H22ClF3N2O4. The molecule has 10 heteroatoms. The van der Waals surface area contributed by atoms with Gasteiger partial charge in [-0.2, -0.15) is 13.2 Å². The molecule has 0 aliphatic carbocycles. The molecule has 0 spiro atoms. The van der Waals surface area contributed by atoms with E-state index in [-0.39, 0.29) is 25.5 Å². The molecule has 1 aliphatic heterocycles. The van der Waals surface area contributed by atoms with Gasteiger partial charge in [0.05, 0.1) is 25.5 Å². The Morgan fingerprint density at radius 3 is 2.52 bits per heavy atom. The first kappa shape index (κ1) is 23.0. The summed E-state index contributed by atoms with van der Waals surface area (Å²) in [6.07, 6.45) is -4.09. The molecule has 2 N–H and O–H groups in total. The fraction of sp³-hybridized carbons (Fsp3) is 0.529. The number of carbonyl (C=O) groups excluding carboxylic acids is 1. The number of hydrogen-bond acceptors (Lipinski definition) is 4. The van der Waals surface area contributed by atoms with Crippen LogP contribution in [0, 0.1) is 11.8 Å². The number of aliphatic carboxylic acids is 1. The number of para-hydroxylation sites is 1. The second-order valence-electron chi connectivity index (χ2n) is 6.20. The molecule has 1 aromatic carbocycles. The predicted molar refractivity (Wildman–Crippen MR) is 94.1 cm³/mol. The van der Waals surface area contributed by atoms with Crippen molar-refractivity contribution in [1.82, 2.24) is 10.2 Å². The lowest BCUT2D eigenvalue weighted by atomic mass is 9.96. The lowest BCUT2D eigenvalue weighted by Gasteiger charge is -2.18. The van der Waals surface area contributed by atoms with Crippen LogP contribution in [0.3, 0.4) is 0 Å². The Kier molecular flexibility index (Phi) is 8.36. The number of carbonyl (C=O) groups is 2. The average Bonchev–Trinajstić information content (AvgIpc) is 2.99. The van der Waals surface area contributed by atoms with Crippen molar-refractivity contribution in [1.29, 1.82) is 0 Å². The first-order valence-corrected chi connectivity index (χ1v) is 8.13. The number of nitrogens with one attached hydrogen (secondary N) is 1. The minimum absolute atomic E-state index is 0. The van der Waals surface area contributed by atoms with Gasteiger partial charge in [-0.3, -0.25) is 14.5 Å². The first-order chi connectivity index (χ1) is 12.2. The van der Waals surface area contributed by atoms with E-state index < -0.39 is 36.4 Å². The third-order valence-electron chi connectivity index (χ3n) is 4.41. The molecule has 0 bridgehead atoms.